The van der Waals surface area contributed by atoms with E-state index in [2.05, 4.69) is 11.6 Å². The van der Waals surface area contributed by atoms with Crippen molar-refractivity contribution in [3.8, 4) is 6.07 Å². The van der Waals surface area contributed by atoms with Gasteiger partial charge in [0.1, 0.15) is 6.07 Å². The van der Waals surface area contributed by atoms with Crippen LogP contribution in [0, 0.1) is 11.3 Å². The lowest BCUT2D eigenvalue weighted by molar-refractivity contribution is -0.132. The fourth-order valence-electron chi connectivity index (χ4n) is 0.823. The molecule has 0 fully saturated rings. The van der Waals surface area contributed by atoms with Crippen molar-refractivity contribution >= 4 is 5.97 Å². The largest absolute Gasteiger partial charge is 0.478 e. The summed E-state index contributed by atoms with van der Waals surface area (Å²) < 4.78 is 1.43. The summed E-state index contributed by atoms with van der Waals surface area (Å²) in [5.41, 5.74) is 0.0227. The van der Waals surface area contributed by atoms with Crippen LogP contribution in [0.15, 0.2) is 24.5 Å². The minimum Gasteiger partial charge on any atom is -0.478 e. The van der Waals surface area contributed by atoms with Gasteiger partial charge >= 0.3 is 5.97 Å². The van der Waals surface area contributed by atoms with Crippen molar-refractivity contribution in [3.05, 3.63) is 30.4 Å². The molecule has 1 aromatic heterocycles. The topological polar surface area (TPSA) is 78.9 Å². The molecule has 1 aromatic rings. The zero-order valence-electron chi connectivity index (χ0n) is 6.77. The summed E-state index contributed by atoms with van der Waals surface area (Å²) in [6, 6.07) is 1.84. The van der Waals surface area contributed by atoms with Crippen LogP contribution in [0.4, 0.5) is 0 Å². The van der Waals surface area contributed by atoms with Crippen LogP contribution < -0.4 is 0 Å². The predicted octanol–water partition coefficient (Wildman–Crippen LogP) is 0.396. The van der Waals surface area contributed by atoms with Crippen LogP contribution in [-0.2, 0) is 11.3 Å². The van der Waals surface area contributed by atoms with Gasteiger partial charge in [-0.3, -0.25) is 0 Å². The Morgan fingerprint density at radius 2 is 2.54 bits per heavy atom. The number of hydrogen-bond donors (Lipinski definition) is 1. The van der Waals surface area contributed by atoms with E-state index in [1.165, 1.54) is 17.0 Å². The molecule has 0 aliphatic carbocycles. The summed E-state index contributed by atoms with van der Waals surface area (Å²) in [5, 5.41) is 17.1. The van der Waals surface area contributed by atoms with E-state index >= 15 is 0 Å². The Labute approximate surface area is 74.6 Å². The summed E-state index contributed by atoms with van der Waals surface area (Å²) in [6.07, 6.45) is 2.97. The predicted molar refractivity (Wildman–Crippen MR) is 43.7 cm³/mol. The van der Waals surface area contributed by atoms with Crippen molar-refractivity contribution in [2.75, 3.05) is 0 Å². The Balaban J connectivity index is 2.81. The van der Waals surface area contributed by atoms with Crippen molar-refractivity contribution in [1.82, 2.24) is 9.55 Å². The van der Waals surface area contributed by atoms with Gasteiger partial charge < -0.3 is 9.67 Å². The van der Waals surface area contributed by atoms with Gasteiger partial charge in [-0.15, -0.1) is 0 Å². The maximum Gasteiger partial charge on any atom is 0.332 e. The Morgan fingerprint density at radius 1 is 1.85 bits per heavy atom. The Kier molecular flexibility index (Phi) is 2.45. The average Bonchev–Trinajstić information content (AvgIpc) is 2.51. The Hall–Kier alpha value is -2.09. The molecule has 0 spiro atoms. The van der Waals surface area contributed by atoms with Gasteiger partial charge in [0.25, 0.3) is 0 Å². The molecule has 1 heterocycles. The van der Waals surface area contributed by atoms with Crippen molar-refractivity contribution in [3.63, 3.8) is 0 Å². The molecular weight excluding hydrogens is 170 g/mol. The van der Waals surface area contributed by atoms with Gasteiger partial charge in [-0.2, -0.15) is 5.26 Å². The first-order valence-corrected chi connectivity index (χ1v) is 3.47. The molecule has 0 aliphatic rings. The van der Waals surface area contributed by atoms with Crippen molar-refractivity contribution < 1.29 is 9.90 Å². The fourth-order valence-corrected chi connectivity index (χ4v) is 0.823. The highest BCUT2D eigenvalue weighted by Crippen LogP contribution is 2.01. The highest BCUT2D eigenvalue weighted by atomic mass is 16.4. The SMILES string of the molecule is C=C(Cn1ccnc1C#N)C(=O)O. The number of rotatable bonds is 3. The third kappa shape index (κ3) is 1.93. The molecule has 66 valence electrons. The zero-order chi connectivity index (χ0) is 9.84. The van der Waals surface area contributed by atoms with E-state index in [9.17, 15) is 4.79 Å². The monoisotopic (exact) mass is 177 g/mol. The molecule has 0 bridgehead atoms. The first-order chi connectivity index (χ1) is 6.15. The molecule has 0 amide bonds. The summed E-state index contributed by atoms with van der Waals surface area (Å²) in [4.78, 5) is 14.1. The molecule has 5 heteroatoms. The molecule has 0 atom stereocenters. The number of nitriles is 1. The van der Waals surface area contributed by atoms with E-state index in [0.29, 0.717) is 0 Å². The van der Waals surface area contributed by atoms with Crippen LogP contribution >= 0.6 is 0 Å². The van der Waals surface area contributed by atoms with Crippen LogP contribution in [-0.4, -0.2) is 20.6 Å². The lowest BCUT2D eigenvalue weighted by Gasteiger charge is -2.01. The van der Waals surface area contributed by atoms with Gasteiger partial charge in [-0.25, -0.2) is 9.78 Å². The van der Waals surface area contributed by atoms with Crippen LogP contribution in [0.1, 0.15) is 5.82 Å². The van der Waals surface area contributed by atoms with Crippen LogP contribution in [0.3, 0.4) is 0 Å². The van der Waals surface area contributed by atoms with Gasteiger partial charge in [0.05, 0.1) is 6.54 Å². The molecular formula is C8H7N3O2. The molecule has 0 aromatic carbocycles. The van der Waals surface area contributed by atoms with E-state index in [-0.39, 0.29) is 17.9 Å². The van der Waals surface area contributed by atoms with Gasteiger partial charge in [-0.1, -0.05) is 6.58 Å². The average molecular weight is 177 g/mol. The van der Waals surface area contributed by atoms with E-state index < -0.39 is 5.97 Å². The fraction of sp³-hybridized carbons (Fsp3) is 0.125. The molecule has 13 heavy (non-hydrogen) atoms. The molecule has 5 nitrogen and oxygen atoms in total. The smallest absolute Gasteiger partial charge is 0.332 e. The minimum absolute atomic E-state index is 0.0227. The van der Waals surface area contributed by atoms with Crippen LogP contribution in [0.2, 0.25) is 0 Å². The summed E-state index contributed by atoms with van der Waals surface area (Å²) >= 11 is 0. The number of nitrogens with zero attached hydrogens (tertiary/aromatic N) is 3. The molecule has 0 unspecified atom stereocenters. The lowest BCUT2D eigenvalue weighted by atomic mass is 10.3. The number of aromatic nitrogens is 2. The first kappa shape index (κ1) is 9.00. The molecule has 0 radical (unpaired) electrons. The lowest BCUT2D eigenvalue weighted by Crippen LogP contribution is -2.08. The molecule has 0 aliphatic heterocycles. The van der Waals surface area contributed by atoms with Crippen LogP contribution in [0.5, 0.6) is 0 Å². The molecule has 0 saturated heterocycles. The second kappa shape index (κ2) is 3.54. The van der Waals surface area contributed by atoms with Crippen molar-refractivity contribution in [2.45, 2.75) is 6.54 Å². The quantitative estimate of drug-likeness (QED) is 0.677. The van der Waals surface area contributed by atoms with Gasteiger partial charge in [0, 0.05) is 18.0 Å². The number of aliphatic carboxylic acids is 1. The number of carboxylic acid groups (broad SMARTS) is 1. The number of carbonyl (C=O) groups is 1. The number of imidazole rings is 1. The van der Waals surface area contributed by atoms with E-state index in [0.717, 1.165) is 0 Å². The highest BCUT2D eigenvalue weighted by Gasteiger charge is 2.07. The molecule has 1 N–H and O–H groups in total. The van der Waals surface area contributed by atoms with Crippen LogP contribution in [0.25, 0.3) is 0 Å². The van der Waals surface area contributed by atoms with E-state index in [1.54, 1.807) is 0 Å². The van der Waals surface area contributed by atoms with Gasteiger partial charge in [0.2, 0.25) is 5.82 Å². The maximum absolute atomic E-state index is 10.4. The standard InChI is InChI=1S/C8H7N3O2/c1-6(8(12)13)5-11-3-2-10-7(11)4-9/h2-3H,1,5H2,(H,12,13). The third-order valence-electron chi connectivity index (χ3n) is 1.48. The molecule has 0 saturated carbocycles. The van der Waals surface area contributed by atoms with Gasteiger partial charge in [0.15, 0.2) is 0 Å². The Bertz CT molecular complexity index is 386. The normalized spacial score (nSPS) is 9.15. The summed E-state index contributed by atoms with van der Waals surface area (Å²) in [5.74, 6) is -0.889. The third-order valence-corrected chi connectivity index (χ3v) is 1.48. The zero-order valence-corrected chi connectivity index (χ0v) is 6.77. The molecule has 1 rings (SSSR count). The Morgan fingerprint density at radius 3 is 3.08 bits per heavy atom. The highest BCUT2D eigenvalue weighted by molar-refractivity contribution is 5.85. The summed E-state index contributed by atoms with van der Waals surface area (Å²) in [7, 11) is 0. The van der Waals surface area contributed by atoms with Gasteiger partial charge in [-0.05, 0) is 0 Å². The second-order valence-corrected chi connectivity index (χ2v) is 2.40. The van der Waals surface area contributed by atoms with Crippen molar-refractivity contribution in [2.24, 2.45) is 0 Å². The summed E-state index contributed by atoms with van der Waals surface area (Å²) in [6.45, 7) is 3.43. The first-order valence-electron chi connectivity index (χ1n) is 3.47. The number of hydrogen-bond acceptors (Lipinski definition) is 3. The second-order valence-electron chi connectivity index (χ2n) is 2.40. The van der Waals surface area contributed by atoms with Crippen molar-refractivity contribution in [1.29, 1.82) is 5.26 Å². The van der Waals surface area contributed by atoms with E-state index in [1.807, 2.05) is 6.07 Å². The number of carboxylic acids is 1. The van der Waals surface area contributed by atoms with E-state index in [4.69, 9.17) is 10.4 Å². The minimum atomic E-state index is -1.07. The maximum atomic E-state index is 10.4.